The summed E-state index contributed by atoms with van der Waals surface area (Å²) in [5.41, 5.74) is 4.13. The summed E-state index contributed by atoms with van der Waals surface area (Å²) in [6, 6.07) is 12.4. The van der Waals surface area contributed by atoms with Crippen molar-refractivity contribution in [2.75, 3.05) is 19.6 Å². The molecule has 0 fully saturated rings. The molecule has 0 radical (unpaired) electrons. The van der Waals surface area contributed by atoms with Gasteiger partial charge in [0.2, 0.25) is 0 Å². The number of pyridine rings is 1. The van der Waals surface area contributed by atoms with Gasteiger partial charge in [-0.05, 0) is 66.6 Å². The van der Waals surface area contributed by atoms with E-state index in [1.165, 1.54) is 31.6 Å². The van der Waals surface area contributed by atoms with Gasteiger partial charge in [-0.3, -0.25) is 9.88 Å². The second kappa shape index (κ2) is 9.11. The lowest BCUT2D eigenvalue weighted by Gasteiger charge is -2.20. The normalized spacial score (nSPS) is 13.9. The molecule has 3 heterocycles. The summed E-state index contributed by atoms with van der Waals surface area (Å²) < 4.78 is 12.9. The molecule has 0 saturated carbocycles. The molecule has 1 aromatic carbocycles. The number of nitrogens with one attached hydrogen (secondary N) is 1. The monoisotopic (exact) mass is 349 g/mol. The molecule has 3 aromatic rings. The Bertz CT molecular complexity index is 822. The fourth-order valence-corrected chi connectivity index (χ4v) is 2.97. The number of likely N-dealkylation sites (N-methyl/N-ethyl adjacent to an activating group) is 1. The Hall–Kier alpha value is -2.72. The fraction of sp³-hybridized carbons (Fsp3) is 0.227. The average Bonchev–Trinajstić information content (AvgIpc) is 3.20. The van der Waals surface area contributed by atoms with Crippen molar-refractivity contribution in [1.82, 2.24) is 14.9 Å². The quantitative estimate of drug-likeness (QED) is 0.663. The van der Waals surface area contributed by atoms with Crippen LogP contribution >= 0.6 is 0 Å². The van der Waals surface area contributed by atoms with Gasteiger partial charge in [-0.1, -0.05) is 19.1 Å². The molecule has 1 aliphatic rings. The van der Waals surface area contributed by atoms with Crippen molar-refractivity contribution < 1.29 is 4.39 Å². The zero-order valence-corrected chi connectivity index (χ0v) is 15.0. The van der Waals surface area contributed by atoms with E-state index >= 15 is 0 Å². The lowest BCUT2D eigenvalue weighted by atomic mass is 10.0. The Morgan fingerprint density at radius 2 is 1.77 bits per heavy atom. The van der Waals surface area contributed by atoms with E-state index in [0.29, 0.717) is 0 Å². The molecule has 4 rings (SSSR count). The second-order valence-electron chi connectivity index (χ2n) is 6.16. The van der Waals surface area contributed by atoms with Crippen molar-refractivity contribution in [2.45, 2.75) is 13.3 Å². The molecule has 0 atom stereocenters. The maximum Gasteiger partial charge on any atom is 0.123 e. The van der Waals surface area contributed by atoms with Gasteiger partial charge >= 0.3 is 0 Å². The van der Waals surface area contributed by atoms with Crippen LogP contribution in [0.4, 0.5) is 4.39 Å². The van der Waals surface area contributed by atoms with Crippen LogP contribution in [0.25, 0.3) is 22.4 Å². The zero-order valence-electron chi connectivity index (χ0n) is 15.0. The molecular weight excluding hydrogens is 325 g/mol. The van der Waals surface area contributed by atoms with E-state index in [1.807, 2.05) is 24.4 Å². The van der Waals surface area contributed by atoms with Gasteiger partial charge in [-0.2, -0.15) is 0 Å². The number of hydrogen-bond donors (Lipinski definition) is 1. The summed E-state index contributed by atoms with van der Waals surface area (Å²) in [6.45, 7) is 5.83. The van der Waals surface area contributed by atoms with Crippen molar-refractivity contribution in [3.63, 3.8) is 0 Å². The lowest BCUT2D eigenvalue weighted by Crippen LogP contribution is -2.26. The maximum absolute atomic E-state index is 12.9. The Morgan fingerprint density at radius 1 is 1.00 bits per heavy atom. The number of nitrogens with zero attached hydrogens (tertiary/aromatic N) is 2. The standard InChI is InChI=1S/C15H11FN2.C7H13N/c16-13-3-1-12(2-4-13)15-14(7-10-18-15)11-5-8-17-9-6-11;1-2-8-6-4-3-5-7-8/h1-10,18H;3-4H,2,5-7H2,1H3. The molecule has 0 unspecified atom stereocenters. The van der Waals surface area contributed by atoms with Crippen LogP contribution in [0.3, 0.4) is 0 Å². The van der Waals surface area contributed by atoms with Crippen LogP contribution in [-0.2, 0) is 0 Å². The van der Waals surface area contributed by atoms with E-state index in [2.05, 4.69) is 33.9 Å². The average molecular weight is 349 g/mol. The van der Waals surface area contributed by atoms with E-state index in [-0.39, 0.29) is 5.82 Å². The highest BCUT2D eigenvalue weighted by atomic mass is 19.1. The van der Waals surface area contributed by atoms with Gasteiger partial charge in [0.25, 0.3) is 0 Å². The molecule has 26 heavy (non-hydrogen) atoms. The van der Waals surface area contributed by atoms with Crippen LogP contribution in [0.5, 0.6) is 0 Å². The van der Waals surface area contributed by atoms with Crippen molar-refractivity contribution >= 4 is 0 Å². The highest BCUT2D eigenvalue weighted by Crippen LogP contribution is 2.30. The van der Waals surface area contributed by atoms with Gasteiger partial charge < -0.3 is 4.98 Å². The lowest BCUT2D eigenvalue weighted by molar-refractivity contribution is 0.315. The topological polar surface area (TPSA) is 31.9 Å². The third-order valence-corrected chi connectivity index (χ3v) is 4.46. The number of aromatic amines is 1. The predicted molar refractivity (Wildman–Crippen MR) is 105 cm³/mol. The Morgan fingerprint density at radius 3 is 2.38 bits per heavy atom. The van der Waals surface area contributed by atoms with Crippen LogP contribution in [0.2, 0.25) is 0 Å². The van der Waals surface area contributed by atoms with E-state index in [0.717, 1.165) is 28.9 Å². The molecule has 0 saturated heterocycles. The van der Waals surface area contributed by atoms with Crippen molar-refractivity contribution in [2.24, 2.45) is 0 Å². The minimum Gasteiger partial charge on any atom is -0.361 e. The number of hydrogen-bond acceptors (Lipinski definition) is 2. The van der Waals surface area contributed by atoms with Crippen molar-refractivity contribution in [3.8, 4) is 22.4 Å². The first-order chi connectivity index (χ1) is 12.8. The molecule has 0 aliphatic carbocycles. The molecule has 134 valence electrons. The summed E-state index contributed by atoms with van der Waals surface area (Å²) in [7, 11) is 0. The first-order valence-corrected chi connectivity index (χ1v) is 8.99. The van der Waals surface area contributed by atoms with E-state index in [9.17, 15) is 4.39 Å². The van der Waals surface area contributed by atoms with Crippen LogP contribution in [-0.4, -0.2) is 34.5 Å². The SMILES string of the molecule is CCN1CC=CCC1.Fc1ccc(-c2[nH]ccc2-c2ccncc2)cc1. The Labute approximate surface area is 154 Å². The third-order valence-electron chi connectivity index (χ3n) is 4.46. The van der Waals surface area contributed by atoms with Gasteiger partial charge in [0, 0.05) is 37.2 Å². The molecule has 0 spiro atoms. The highest BCUT2D eigenvalue weighted by molar-refractivity contribution is 5.80. The van der Waals surface area contributed by atoms with Crippen molar-refractivity contribution in [3.05, 3.63) is 79.0 Å². The number of rotatable bonds is 3. The van der Waals surface area contributed by atoms with Crippen LogP contribution in [0, 0.1) is 5.82 Å². The zero-order chi connectivity index (χ0) is 18.2. The Balaban J connectivity index is 0.000000206. The molecule has 2 aromatic heterocycles. The molecule has 4 heteroatoms. The summed E-state index contributed by atoms with van der Waals surface area (Å²) in [6.07, 6.45) is 11.1. The van der Waals surface area contributed by atoms with Gasteiger partial charge in [-0.25, -0.2) is 4.39 Å². The second-order valence-corrected chi connectivity index (χ2v) is 6.16. The number of H-pyrrole nitrogens is 1. The van der Waals surface area contributed by atoms with Crippen LogP contribution in [0.1, 0.15) is 13.3 Å². The molecule has 0 bridgehead atoms. The molecule has 0 amide bonds. The summed E-state index contributed by atoms with van der Waals surface area (Å²) in [4.78, 5) is 9.64. The number of halogens is 1. The van der Waals surface area contributed by atoms with E-state index in [4.69, 9.17) is 0 Å². The van der Waals surface area contributed by atoms with Gasteiger partial charge in [-0.15, -0.1) is 0 Å². The third kappa shape index (κ3) is 4.67. The van der Waals surface area contributed by atoms with Gasteiger partial charge in [0.05, 0.1) is 5.69 Å². The molecule has 1 aliphatic heterocycles. The fourth-order valence-electron chi connectivity index (χ4n) is 2.97. The van der Waals surface area contributed by atoms with Crippen LogP contribution in [0.15, 0.2) is 73.2 Å². The number of benzene rings is 1. The van der Waals surface area contributed by atoms with E-state index < -0.39 is 0 Å². The first-order valence-electron chi connectivity index (χ1n) is 8.99. The molecular formula is C22H24FN3. The smallest absolute Gasteiger partial charge is 0.123 e. The Kier molecular flexibility index (Phi) is 6.34. The maximum atomic E-state index is 12.9. The molecule has 1 N–H and O–H groups in total. The molecule has 3 nitrogen and oxygen atoms in total. The first kappa shape index (κ1) is 18.1. The summed E-state index contributed by atoms with van der Waals surface area (Å²) in [5.74, 6) is -0.226. The van der Waals surface area contributed by atoms with Crippen molar-refractivity contribution in [1.29, 1.82) is 0 Å². The minimum atomic E-state index is -0.226. The van der Waals surface area contributed by atoms with Crippen LogP contribution < -0.4 is 0 Å². The number of aromatic nitrogens is 2. The minimum absolute atomic E-state index is 0.226. The van der Waals surface area contributed by atoms with Gasteiger partial charge in [0.15, 0.2) is 0 Å². The van der Waals surface area contributed by atoms with E-state index in [1.54, 1.807) is 24.5 Å². The predicted octanol–water partition coefficient (Wildman–Crippen LogP) is 5.15. The summed E-state index contributed by atoms with van der Waals surface area (Å²) >= 11 is 0. The van der Waals surface area contributed by atoms with Gasteiger partial charge in [0.1, 0.15) is 5.82 Å². The summed E-state index contributed by atoms with van der Waals surface area (Å²) in [5, 5.41) is 0. The largest absolute Gasteiger partial charge is 0.361 e. The highest BCUT2D eigenvalue weighted by Gasteiger charge is 2.08.